The van der Waals surface area contributed by atoms with Gasteiger partial charge in [-0.3, -0.25) is 14.4 Å². The van der Waals surface area contributed by atoms with Crippen LogP contribution in [0.4, 0.5) is 11.4 Å². The summed E-state index contributed by atoms with van der Waals surface area (Å²) in [5.74, 6) is 0.643. The Morgan fingerprint density at radius 3 is 2.48 bits per heavy atom. The third kappa shape index (κ3) is 6.48. The van der Waals surface area contributed by atoms with E-state index in [4.69, 9.17) is 4.74 Å². The molecule has 0 aliphatic carbocycles. The molecular weight excluding hydrogens is 370 g/mol. The summed E-state index contributed by atoms with van der Waals surface area (Å²) in [6.07, 6.45) is 4.39. The summed E-state index contributed by atoms with van der Waals surface area (Å²) in [4.78, 5) is 40.3. The predicted octanol–water partition coefficient (Wildman–Crippen LogP) is 3.58. The summed E-state index contributed by atoms with van der Waals surface area (Å²) < 4.78 is 5.37. The van der Waals surface area contributed by atoms with E-state index < -0.39 is 0 Å². The number of hydrogen-bond acceptors (Lipinski definition) is 4. The van der Waals surface area contributed by atoms with Gasteiger partial charge in [0.05, 0.1) is 12.8 Å². The number of hydrogen-bond donors (Lipinski definition) is 1. The molecule has 2 rings (SSSR count). The fourth-order valence-electron chi connectivity index (χ4n) is 3.56. The van der Waals surface area contributed by atoms with Crippen LogP contribution in [-0.2, 0) is 14.4 Å². The van der Waals surface area contributed by atoms with Gasteiger partial charge in [0.2, 0.25) is 17.7 Å². The van der Waals surface area contributed by atoms with Gasteiger partial charge in [0, 0.05) is 44.6 Å². The first-order valence-corrected chi connectivity index (χ1v) is 10.6. The Morgan fingerprint density at radius 2 is 1.90 bits per heavy atom. The van der Waals surface area contributed by atoms with E-state index in [0.29, 0.717) is 42.9 Å². The molecule has 1 aliphatic heterocycles. The molecule has 0 bridgehead atoms. The van der Waals surface area contributed by atoms with Crippen LogP contribution in [0.15, 0.2) is 18.2 Å². The van der Waals surface area contributed by atoms with Gasteiger partial charge < -0.3 is 19.9 Å². The van der Waals surface area contributed by atoms with E-state index in [2.05, 4.69) is 19.2 Å². The highest BCUT2D eigenvalue weighted by Gasteiger charge is 2.25. The minimum absolute atomic E-state index is 0.0639. The highest BCUT2D eigenvalue weighted by atomic mass is 16.5. The van der Waals surface area contributed by atoms with Crippen molar-refractivity contribution in [2.45, 2.75) is 58.8 Å². The summed E-state index contributed by atoms with van der Waals surface area (Å²) in [7, 11) is 1.56. The first kappa shape index (κ1) is 22.7. The second kappa shape index (κ2) is 11.4. The van der Waals surface area contributed by atoms with Crippen LogP contribution >= 0.6 is 0 Å². The Morgan fingerprint density at radius 1 is 1.17 bits per heavy atom. The number of carbonyl (C=O) groups is 3. The maximum atomic E-state index is 12.3. The smallest absolute Gasteiger partial charge is 0.227 e. The normalized spacial score (nSPS) is 13.5. The van der Waals surface area contributed by atoms with Crippen LogP contribution < -0.4 is 15.0 Å². The first-order chi connectivity index (χ1) is 14.0. The molecule has 1 aliphatic rings. The Labute approximate surface area is 173 Å². The van der Waals surface area contributed by atoms with Gasteiger partial charge in [-0.1, -0.05) is 13.8 Å². The lowest BCUT2D eigenvalue weighted by Gasteiger charge is -2.21. The monoisotopic (exact) mass is 403 g/mol. The van der Waals surface area contributed by atoms with Crippen molar-refractivity contribution in [1.82, 2.24) is 4.90 Å². The van der Waals surface area contributed by atoms with Crippen LogP contribution in [0, 0.1) is 0 Å². The summed E-state index contributed by atoms with van der Waals surface area (Å²) in [5, 5.41) is 2.87. The lowest BCUT2D eigenvalue weighted by Crippen LogP contribution is -2.32. The molecule has 0 saturated carbocycles. The van der Waals surface area contributed by atoms with Crippen LogP contribution in [0.25, 0.3) is 0 Å². The van der Waals surface area contributed by atoms with E-state index in [-0.39, 0.29) is 24.1 Å². The van der Waals surface area contributed by atoms with Crippen molar-refractivity contribution in [3.63, 3.8) is 0 Å². The predicted molar refractivity (Wildman–Crippen MR) is 114 cm³/mol. The highest BCUT2D eigenvalue weighted by Crippen LogP contribution is 2.34. The van der Waals surface area contributed by atoms with Crippen molar-refractivity contribution in [1.29, 1.82) is 0 Å². The molecule has 160 valence electrons. The third-order valence-electron chi connectivity index (χ3n) is 4.96. The fraction of sp³-hybridized carbons (Fsp3) is 0.591. The molecule has 1 aromatic rings. The number of nitrogens with zero attached hydrogens (tertiary/aromatic N) is 2. The molecule has 0 aromatic heterocycles. The quantitative estimate of drug-likeness (QED) is 0.612. The van der Waals surface area contributed by atoms with E-state index in [0.717, 1.165) is 32.4 Å². The largest absolute Gasteiger partial charge is 0.495 e. The Bertz CT molecular complexity index is 714. The fourth-order valence-corrected chi connectivity index (χ4v) is 3.56. The van der Waals surface area contributed by atoms with Crippen LogP contribution in [-0.4, -0.2) is 49.4 Å². The maximum absolute atomic E-state index is 12.3. The van der Waals surface area contributed by atoms with Crippen LogP contribution in [0.2, 0.25) is 0 Å². The van der Waals surface area contributed by atoms with E-state index in [1.807, 2.05) is 4.90 Å². The van der Waals surface area contributed by atoms with Gasteiger partial charge >= 0.3 is 0 Å². The zero-order valence-electron chi connectivity index (χ0n) is 17.8. The first-order valence-electron chi connectivity index (χ1n) is 10.6. The van der Waals surface area contributed by atoms with Crippen LogP contribution in [0.3, 0.4) is 0 Å². The number of ether oxygens (including phenoxy) is 1. The second-order valence-electron chi connectivity index (χ2n) is 7.32. The molecule has 0 spiro atoms. The maximum Gasteiger partial charge on any atom is 0.227 e. The highest BCUT2D eigenvalue weighted by molar-refractivity contribution is 5.98. The zero-order chi connectivity index (χ0) is 21.2. The average Bonchev–Trinajstić information content (AvgIpc) is 3.13. The summed E-state index contributed by atoms with van der Waals surface area (Å²) in [6, 6.07) is 5.29. The molecule has 3 amide bonds. The minimum atomic E-state index is -0.140. The van der Waals surface area contributed by atoms with Crippen LogP contribution in [0.1, 0.15) is 58.8 Å². The molecule has 1 aromatic carbocycles. The summed E-state index contributed by atoms with van der Waals surface area (Å²) in [5.41, 5.74) is 1.30. The van der Waals surface area contributed by atoms with E-state index >= 15 is 0 Å². The molecule has 29 heavy (non-hydrogen) atoms. The summed E-state index contributed by atoms with van der Waals surface area (Å²) in [6.45, 7) is 6.30. The molecule has 1 fully saturated rings. The number of amides is 3. The summed E-state index contributed by atoms with van der Waals surface area (Å²) >= 11 is 0. The van der Waals surface area contributed by atoms with Gasteiger partial charge in [0.1, 0.15) is 5.75 Å². The van der Waals surface area contributed by atoms with E-state index in [1.54, 1.807) is 30.2 Å². The molecule has 0 atom stereocenters. The number of methoxy groups -OCH3 is 1. The molecule has 1 heterocycles. The van der Waals surface area contributed by atoms with Crippen molar-refractivity contribution in [3.05, 3.63) is 18.2 Å². The van der Waals surface area contributed by atoms with Crippen molar-refractivity contribution in [2.24, 2.45) is 0 Å². The van der Waals surface area contributed by atoms with Crippen LogP contribution in [0.5, 0.6) is 5.75 Å². The average molecular weight is 404 g/mol. The number of rotatable bonds is 11. The molecule has 1 N–H and O–H groups in total. The van der Waals surface area contributed by atoms with Crippen molar-refractivity contribution in [3.8, 4) is 5.75 Å². The Balaban J connectivity index is 1.90. The lowest BCUT2D eigenvalue weighted by atomic mass is 10.2. The molecule has 1 saturated heterocycles. The number of benzene rings is 1. The van der Waals surface area contributed by atoms with Gasteiger partial charge in [-0.15, -0.1) is 0 Å². The minimum Gasteiger partial charge on any atom is -0.495 e. The Kier molecular flexibility index (Phi) is 8.96. The SMILES string of the molecule is CCCN(CCC)C(=O)CCCC(=O)Nc1ccc(OC)c(N2CCCC2=O)c1. The van der Waals surface area contributed by atoms with Gasteiger partial charge in [0.25, 0.3) is 0 Å². The van der Waals surface area contributed by atoms with Crippen molar-refractivity contribution < 1.29 is 19.1 Å². The number of anilines is 2. The van der Waals surface area contributed by atoms with Gasteiger partial charge in [-0.2, -0.15) is 0 Å². The molecular formula is C22H33N3O4. The zero-order valence-corrected chi connectivity index (χ0v) is 17.8. The number of nitrogens with one attached hydrogen (secondary N) is 1. The van der Waals surface area contributed by atoms with E-state index in [9.17, 15) is 14.4 Å². The van der Waals surface area contributed by atoms with E-state index in [1.165, 1.54) is 0 Å². The van der Waals surface area contributed by atoms with Crippen molar-refractivity contribution >= 4 is 29.1 Å². The van der Waals surface area contributed by atoms with Gasteiger partial charge in [0.15, 0.2) is 0 Å². The topological polar surface area (TPSA) is 79.0 Å². The lowest BCUT2D eigenvalue weighted by molar-refractivity contribution is -0.131. The molecule has 0 radical (unpaired) electrons. The van der Waals surface area contributed by atoms with Crippen molar-refractivity contribution in [2.75, 3.05) is 37.0 Å². The standard InChI is InChI=1S/C22H33N3O4/c1-4-13-24(14-5-2)21(27)9-6-8-20(26)23-17-11-12-19(29-3)18(16-17)25-15-7-10-22(25)28/h11-12,16H,4-10,13-15H2,1-3H3,(H,23,26). The molecule has 7 heteroatoms. The second-order valence-corrected chi connectivity index (χ2v) is 7.32. The molecule has 7 nitrogen and oxygen atoms in total. The van der Waals surface area contributed by atoms with Gasteiger partial charge in [-0.05, 0) is 43.9 Å². The molecule has 0 unspecified atom stereocenters. The third-order valence-corrected chi connectivity index (χ3v) is 4.96. The number of carbonyl (C=O) groups excluding carboxylic acids is 3. The Hall–Kier alpha value is -2.57. The van der Waals surface area contributed by atoms with Gasteiger partial charge in [-0.25, -0.2) is 0 Å².